The predicted molar refractivity (Wildman–Crippen MR) is 106 cm³/mol. The normalized spacial score (nSPS) is 51.3. The van der Waals surface area contributed by atoms with E-state index in [2.05, 4.69) is 0 Å². The first kappa shape index (κ1) is 28.9. The van der Waals surface area contributed by atoms with Gasteiger partial charge in [-0.25, -0.2) is 0 Å². The average Bonchev–Trinajstić information content (AvgIpc) is 2.86. The molecule has 15 atom stereocenters. The number of ether oxygens (including phenoxy) is 6. The highest BCUT2D eigenvalue weighted by atomic mass is 16.8. The number of hydrogen-bond donors (Lipinski definition) is 10. The summed E-state index contributed by atoms with van der Waals surface area (Å²) >= 11 is 0. The minimum absolute atomic E-state index is 0.638. The fourth-order valence-electron chi connectivity index (χ4n) is 4.21. The molecule has 35 heavy (non-hydrogen) atoms. The van der Waals surface area contributed by atoms with Gasteiger partial charge >= 0.3 is 0 Å². The standard InChI is InChI=1S/C19H34O16/c1-30-19-16(12(27)9(24)6(3-21)33-19)35-18-14(29)15(10(25)7(4-22)32-18)34-17-13(28)11(26)8(23)5(2-20)31-17/h5-29H,2-4H2,1H3/t5-,6-,7-,8+,9-,10-,11+,12+,13-,14+,15+,16+,17-,18-,19+/m1/s1. The lowest BCUT2D eigenvalue weighted by molar-refractivity contribution is -0.384. The molecule has 0 amide bonds. The maximum absolute atomic E-state index is 10.8. The molecule has 0 radical (unpaired) electrons. The third-order valence-corrected chi connectivity index (χ3v) is 6.31. The van der Waals surface area contributed by atoms with Gasteiger partial charge in [-0.3, -0.25) is 0 Å². The van der Waals surface area contributed by atoms with Crippen molar-refractivity contribution in [1.82, 2.24) is 0 Å². The van der Waals surface area contributed by atoms with E-state index in [0.717, 1.165) is 0 Å². The van der Waals surface area contributed by atoms with E-state index in [4.69, 9.17) is 28.4 Å². The minimum Gasteiger partial charge on any atom is -0.394 e. The number of methoxy groups -OCH3 is 1. The molecule has 3 fully saturated rings. The summed E-state index contributed by atoms with van der Waals surface area (Å²) in [6, 6.07) is 0. The van der Waals surface area contributed by atoms with E-state index in [-0.39, 0.29) is 0 Å². The maximum atomic E-state index is 10.8. The summed E-state index contributed by atoms with van der Waals surface area (Å²) in [6.07, 6.45) is -24.0. The molecule has 0 unspecified atom stereocenters. The van der Waals surface area contributed by atoms with Crippen molar-refractivity contribution < 1.29 is 79.5 Å². The second-order valence-electron chi connectivity index (χ2n) is 8.55. The van der Waals surface area contributed by atoms with Gasteiger partial charge in [-0.05, 0) is 0 Å². The summed E-state index contributed by atoms with van der Waals surface area (Å²) in [4.78, 5) is 0. The van der Waals surface area contributed by atoms with Gasteiger partial charge in [0, 0.05) is 7.11 Å². The van der Waals surface area contributed by atoms with Crippen LogP contribution in [-0.2, 0) is 28.4 Å². The summed E-state index contributed by atoms with van der Waals surface area (Å²) in [6.45, 7) is -2.17. The highest BCUT2D eigenvalue weighted by molar-refractivity contribution is 4.96. The topological polar surface area (TPSA) is 258 Å². The Morgan fingerprint density at radius 2 is 0.914 bits per heavy atom. The lowest BCUT2D eigenvalue weighted by Crippen LogP contribution is -2.66. The lowest BCUT2D eigenvalue weighted by Gasteiger charge is -2.48. The maximum Gasteiger partial charge on any atom is 0.187 e. The average molecular weight is 518 g/mol. The van der Waals surface area contributed by atoms with E-state index in [1.54, 1.807) is 0 Å². The van der Waals surface area contributed by atoms with Crippen molar-refractivity contribution in [3.05, 3.63) is 0 Å². The Morgan fingerprint density at radius 1 is 0.486 bits per heavy atom. The largest absolute Gasteiger partial charge is 0.394 e. The van der Waals surface area contributed by atoms with Gasteiger partial charge in [-0.2, -0.15) is 0 Å². The van der Waals surface area contributed by atoms with Gasteiger partial charge in [0.05, 0.1) is 19.8 Å². The van der Waals surface area contributed by atoms with Crippen molar-refractivity contribution in [1.29, 1.82) is 0 Å². The molecule has 0 saturated carbocycles. The summed E-state index contributed by atoms with van der Waals surface area (Å²) < 4.78 is 32.1. The van der Waals surface area contributed by atoms with Crippen LogP contribution < -0.4 is 0 Å². The van der Waals surface area contributed by atoms with Crippen LogP contribution in [0, 0.1) is 0 Å². The van der Waals surface area contributed by atoms with Crippen LogP contribution in [0.4, 0.5) is 0 Å². The first-order valence-electron chi connectivity index (χ1n) is 11.0. The van der Waals surface area contributed by atoms with Gasteiger partial charge in [0.15, 0.2) is 18.9 Å². The quantitative estimate of drug-likeness (QED) is 0.143. The van der Waals surface area contributed by atoms with Crippen LogP contribution in [0.3, 0.4) is 0 Å². The molecule has 0 aliphatic carbocycles. The van der Waals surface area contributed by atoms with Crippen LogP contribution >= 0.6 is 0 Å². The number of aliphatic hydroxyl groups excluding tert-OH is 10. The van der Waals surface area contributed by atoms with E-state index in [1.165, 1.54) is 7.11 Å². The van der Waals surface area contributed by atoms with Gasteiger partial charge in [0.25, 0.3) is 0 Å². The fraction of sp³-hybridized carbons (Fsp3) is 1.00. The first-order chi connectivity index (χ1) is 16.6. The van der Waals surface area contributed by atoms with E-state index in [9.17, 15) is 51.1 Å². The molecule has 3 heterocycles. The number of aliphatic hydroxyl groups is 10. The number of rotatable bonds is 8. The van der Waals surface area contributed by atoms with E-state index in [1.807, 2.05) is 0 Å². The molecule has 0 bridgehead atoms. The minimum atomic E-state index is -1.86. The monoisotopic (exact) mass is 518 g/mol. The van der Waals surface area contributed by atoms with E-state index >= 15 is 0 Å². The molecule has 3 saturated heterocycles. The second kappa shape index (κ2) is 12.3. The van der Waals surface area contributed by atoms with Gasteiger partial charge in [-0.15, -0.1) is 0 Å². The molecular weight excluding hydrogens is 484 g/mol. The molecule has 16 heteroatoms. The SMILES string of the molecule is CO[C@H]1O[C@H](CO)[C@@H](O)[C@H](O)[C@@H]1O[C@H]1O[C@H](CO)[C@@H](O)[C@H](O[C@H]2O[C@H](CO)[C@H](O)[C@H](O)[C@H]2O)[C@@H]1O. The van der Waals surface area contributed by atoms with Crippen LogP contribution in [0.2, 0.25) is 0 Å². The zero-order valence-electron chi connectivity index (χ0n) is 18.7. The summed E-state index contributed by atoms with van der Waals surface area (Å²) in [5.41, 5.74) is 0. The highest BCUT2D eigenvalue weighted by Crippen LogP contribution is 2.32. The Kier molecular flexibility index (Phi) is 10.1. The molecule has 0 spiro atoms. The molecule has 0 aromatic carbocycles. The predicted octanol–water partition coefficient (Wildman–Crippen LogP) is -6.92. The van der Waals surface area contributed by atoms with Crippen LogP contribution in [0.5, 0.6) is 0 Å². The first-order valence-corrected chi connectivity index (χ1v) is 11.0. The van der Waals surface area contributed by atoms with Gasteiger partial charge < -0.3 is 79.5 Å². The van der Waals surface area contributed by atoms with Gasteiger partial charge in [-0.1, -0.05) is 0 Å². The van der Waals surface area contributed by atoms with Crippen molar-refractivity contribution in [3.63, 3.8) is 0 Å². The van der Waals surface area contributed by atoms with Gasteiger partial charge in [0.2, 0.25) is 0 Å². The summed E-state index contributed by atoms with van der Waals surface area (Å²) in [5, 5.41) is 100. The summed E-state index contributed by atoms with van der Waals surface area (Å²) in [7, 11) is 1.20. The van der Waals surface area contributed by atoms with Crippen molar-refractivity contribution in [2.75, 3.05) is 26.9 Å². The Balaban J connectivity index is 1.78. The van der Waals surface area contributed by atoms with Crippen molar-refractivity contribution in [2.24, 2.45) is 0 Å². The van der Waals surface area contributed by atoms with E-state index < -0.39 is 112 Å². The lowest BCUT2D eigenvalue weighted by atomic mass is 9.96. The molecule has 0 aromatic rings. The fourth-order valence-corrected chi connectivity index (χ4v) is 4.21. The molecule has 3 aliphatic heterocycles. The smallest absolute Gasteiger partial charge is 0.187 e. The van der Waals surface area contributed by atoms with Crippen LogP contribution in [-0.4, -0.2) is 170 Å². The third kappa shape index (κ3) is 5.78. The third-order valence-electron chi connectivity index (χ3n) is 6.31. The van der Waals surface area contributed by atoms with Crippen molar-refractivity contribution >= 4 is 0 Å². The van der Waals surface area contributed by atoms with Crippen molar-refractivity contribution in [2.45, 2.75) is 92.1 Å². The molecule has 206 valence electrons. The zero-order chi connectivity index (χ0) is 26.0. The highest BCUT2D eigenvalue weighted by Gasteiger charge is 2.53. The summed E-state index contributed by atoms with van der Waals surface area (Å²) in [5.74, 6) is 0. The van der Waals surface area contributed by atoms with Crippen LogP contribution in [0.15, 0.2) is 0 Å². The Labute approximate surface area is 199 Å². The Morgan fingerprint density at radius 3 is 1.43 bits per heavy atom. The van der Waals surface area contributed by atoms with Crippen molar-refractivity contribution in [3.8, 4) is 0 Å². The number of hydrogen-bond acceptors (Lipinski definition) is 16. The van der Waals surface area contributed by atoms with E-state index in [0.29, 0.717) is 0 Å². The Bertz CT molecular complexity index is 652. The van der Waals surface area contributed by atoms with Gasteiger partial charge in [0.1, 0.15) is 73.2 Å². The molecule has 16 nitrogen and oxygen atoms in total. The van der Waals surface area contributed by atoms with Crippen LogP contribution in [0.25, 0.3) is 0 Å². The molecule has 3 rings (SSSR count). The van der Waals surface area contributed by atoms with Crippen LogP contribution in [0.1, 0.15) is 0 Å². The molecule has 10 N–H and O–H groups in total. The Hall–Kier alpha value is -0.640. The molecule has 0 aromatic heterocycles. The second-order valence-corrected chi connectivity index (χ2v) is 8.55. The zero-order valence-corrected chi connectivity index (χ0v) is 18.7. The molecule has 3 aliphatic rings. The molecular formula is C19H34O16.